The summed E-state index contributed by atoms with van der Waals surface area (Å²) in [7, 11) is 3.63. The number of hydrogen-bond acceptors (Lipinski definition) is 2. The Hall–Kier alpha value is -1.09. The van der Waals surface area contributed by atoms with Crippen LogP contribution in [0.15, 0.2) is 23.8 Å². The summed E-state index contributed by atoms with van der Waals surface area (Å²) >= 11 is 0. The first kappa shape index (κ1) is 24.0. The van der Waals surface area contributed by atoms with Crippen molar-refractivity contribution in [3.63, 3.8) is 0 Å². The fourth-order valence-corrected chi connectivity index (χ4v) is 1.44. The average molecular weight is 284 g/mol. The number of hydrogen-bond donors (Lipinski definition) is 2. The van der Waals surface area contributed by atoms with Gasteiger partial charge in [-0.15, -0.1) is 0 Å². The second-order valence-corrected chi connectivity index (χ2v) is 4.19. The van der Waals surface area contributed by atoms with E-state index in [0.29, 0.717) is 0 Å². The van der Waals surface area contributed by atoms with E-state index >= 15 is 0 Å². The number of nitrogens with one attached hydrogen (secondary N) is 2. The molecule has 0 saturated heterocycles. The lowest BCUT2D eigenvalue weighted by Gasteiger charge is -2.09. The molecule has 0 aliphatic heterocycles. The van der Waals surface area contributed by atoms with E-state index in [4.69, 9.17) is 0 Å². The Balaban J connectivity index is -0.000000346. The van der Waals surface area contributed by atoms with Gasteiger partial charge < -0.3 is 10.6 Å². The predicted octanol–water partition coefficient (Wildman–Crippen LogP) is 3.92. The van der Waals surface area contributed by atoms with Gasteiger partial charge in [-0.1, -0.05) is 51.5 Å². The van der Waals surface area contributed by atoms with Crippen LogP contribution >= 0.6 is 0 Å². The first-order valence-electron chi connectivity index (χ1n) is 7.71. The monoisotopic (exact) mass is 284 g/mol. The molecule has 1 unspecified atom stereocenters. The Morgan fingerprint density at radius 1 is 1.20 bits per heavy atom. The molecule has 1 atom stereocenters. The van der Waals surface area contributed by atoms with E-state index in [1.54, 1.807) is 7.05 Å². The van der Waals surface area contributed by atoms with E-state index in [9.17, 15) is 4.79 Å². The Morgan fingerprint density at radius 3 is 2.00 bits per heavy atom. The molecule has 0 bridgehead atoms. The maximum absolute atomic E-state index is 11.2. The largest absolute Gasteiger partial charge is 0.359 e. The summed E-state index contributed by atoms with van der Waals surface area (Å²) in [4.78, 5) is 11.2. The topological polar surface area (TPSA) is 41.1 Å². The normalized spacial score (nSPS) is 11.9. The van der Waals surface area contributed by atoms with Crippen molar-refractivity contribution in [2.45, 2.75) is 54.4 Å². The highest BCUT2D eigenvalue weighted by Gasteiger charge is 2.10. The molecular formula is C17H36N2O. The number of carbonyl (C=O) groups is 1. The zero-order valence-corrected chi connectivity index (χ0v) is 14.8. The zero-order chi connectivity index (χ0) is 16.4. The second-order valence-electron chi connectivity index (χ2n) is 4.19. The third-order valence-electron chi connectivity index (χ3n) is 2.49. The van der Waals surface area contributed by atoms with Crippen LogP contribution in [0, 0.1) is 5.92 Å². The molecule has 0 aromatic rings. The van der Waals surface area contributed by atoms with Gasteiger partial charge in [0.1, 0.15) is 0 Å². The number of allylic oxidation sites excluding steroid dienone is 4. The molecule has 3 nitrogen and oxygen atoms in total. The van der Waals surface area contributed by atoms with Crippen molar-refractivity contribution in [1.82, 2.24) is 10.6 Å². The summed E-state index contributed by atoms with van der Waals surface area (Å²) in [6.45, 7) is 13.2. The summed E-state index contributed by atoms with van der Waals surface area (Å²) in [6.07, 6.45) is 8.11. The average Bonchev–Trinajstić information content (AvgIpc) is 2.49. The summed E-state index contributed by atoms with van der Waals surface area (Å²) in [5, 5.41) is 5.66. The molecule has 0 radical (unpaired) electrons. The van der Waals surface area contributed by atoms with E-state index in [1.165, 1.54) is 12.0 Å². The van der Waals surface area contributed by atoms with Crippen molar-refractivity contribution >= 4 is 5.91 Å². The molecule has 0 spiro atoms. The molecule has 0 aromatic heterocycles. The molecule has 0 fully saturated rings. The minimum Gasteiger partial charge on any atom is -0.359 e. The molecule has 120 valence electrons. The van der Waals surface area contributed by atoms with Gasteiger partial charge >= 0.3 is 0 Å². The smallest absolute Gasteiger partial charge is 0.222 e. The molecule has 20 heavy (non-hydrogen) atoms. The van der Waals surface area contributed by atoms with Crippen molar-refractivity contribution in [1.29, 1.82) is 0 Å². The molecule has 0 aliphatic carbocycles. The predicted molar refractivity (Wildman–Crippen MR) is 92.0 cm³/mol. The highest BCUT2D eigenvalue weighted by molar-refractivity contribution is 5.78. The van der Waals surface area contributed by atoms with Crippen LogP contribution < -0.4 is 10.6 Å². The summed E-state index contributed by atoms with van der Waals surface area (Å²) in [6, 6.07) is 0. The summed E-state index contributed by atoms with van der Waals surface area (Å²) < 4.78 is 0. The molecule has 2 N–H and O–H groups in total. The van der Waals surface area contributed by atoms with Crippen molar-refractivity contribution in [3.05, 3.63) is 23.8 Å². The molecule has 0 rings (SSSR count). The minimum absolute atomic E-state index is 0.0485. The molecule has 0 aromatic carbocycles. The Morgan fingerprint density at radius 2 is 1.75 bits per heavy atom. The maximum atomic E-state index is 11.2. The van der Waals surface area contributed by atoms with Gasteiger partial charge in [0.25, 0.3) is 0 Å². The highest BCUT2D eigenvalue weighted by Crippen LogP contribution is 2.12. The zero-order valence-electron chi connectivity index (χ0n) is 14.8. The van der Waals surface area contributed by atoms with Gasteiger partial charge in [-0.25, -0.2) is 0 Å². The van der Waals surface area contributed by atoms with Gasteiger partial charge in [0.05, 0.1) is 0 Å². The highest BCUT2D eigenvalue weighted by atomic mass is 16.1. The molecule has 1 amide bonds. The van der Waals surface area contributed by atoms with Crippen LogP contribution in [-0.2, 0) is 4.79 Å². The van der Waals surface area contributed by atoms with E-state index in [0.717, 1.165) is 13.0 Å². The number of amides is 1. The standard InChI is InChI=1S/C11H19NO.C4H11N.C2H6/c1-5-7-10(6-2)8-9(3)11(13)12-4;1-3-4-5-2;1-2/h5-7,9H,8H2,1-4H3,(H,12,13);5H,3-4H2,1-2H3;1-2H3/b7-5-,10-6+;;. The minimum atomic E-state index is 0.0485. The first-order chi connectivity index (χ1) is 9.56. The summed E-state index contributed by atoms with van der Waals surface area (Å²) in [5.41, 5.74) is 1.21. The lowest BCUT2D eigenvalue weighted by Crippen LogP contribution is -2.25. The van der Waals surface area contributed by atoms with Crippen LogP contribution in [-0.4, -0.2) is 26.5 Å². The van der Waals surface area contributed by atoms with E-state index in [2.05, 4.69) is 17.6 Å². The third kappa shape index (κ3) is 16.9. The number of rotatable bonds is 6. The maximum Gasteiger partial charge on any atom is 0.222 e. The summed E-state index contributed by atoms with van der Waals surface area (Å²) in [5.74, 6) is 0.149. The fourth-order valence-electron chi connectivity index (χ4n) is 1.44. The Bertz CT molecular complexity index is 256. The lowest BCUT2D eigenvalue weighted by atomic mass is 10.00. The van der Waals surface area contributed by atoms with Gasteiger partial charge in [-0.05, 0) is 40.3 Å². The first-order valence-corrected chi connectivity index (χ1v) is 7.71. The second kappa shape index (κ2) is 20.2. The lowest BCUT2D eigenvalue weighted by molar-refractivity contribution is -0.123. The van der Waals surface area contributed by atoms with Gasteiger partial charge in [0, 0.05) is 13.0 Å². The van der Waals surface area contributed by atoms with Crippen LogP contribution in [0.3, 0.4) is 0 Å². The van der Waals surface area contributed by atoms with Crippen molar-refractivity contribution in [2.24, 2.45) is 5.92 Å². The molecule has 0 heterocycles. The van der Waals surface area contributed by atoms with Gasteiger partial charge in [-0.3, -0.25) is 4.79 Å². The Kier molecular flexibility index (Phi) is 24.2. The van der Waals surface area contributed by atoms with Crippen LogP contribution in [0.1, 0.15) is 54.4 Å². The van der Waals surface area contributed by atoms with E-state index < -0.39 is 0 Å². The van der Waals surface area contributed by atoms with Crippen molar-refractivity contribution < 1.29 is 4.79 Å². The van der Waals surface area contributed by atoms with Crippen molar-refractivity contribution in [2.75, 3.05) is 20.6 Å². The molecule has 3 heteroatoms. The van der Waals surface area contributed by atoms with Crippen LogP contribution in [0.2, 0.25) is 0 Å². The SMILES string of the molecule is C/C=C\C(=C/C)CC(C)C(=O)NC.CC.CCCNC. The van der Waals surface area contributed by atoms with Crippen LogP contribution in [0.5, 0.6) is 0 Å². The quantitative estimate of drug-likeness (QED) is 0.726. The van der Waals surface area contributed by atoms with E-state index in [-0.39, 0.29) is 11.8 Å². The van der Waals surface area contributed by atoms with E-state index in [1.807, 2.05) is 59.9 Å². The molecule has 0 aliphatic rings. The molecule has 0 saturated carbocycles. The third-order valence-corrected chi connectivity index (χ3v) is 2.49. The van der Waals surface area contributed by atoms with Crippen LogP contribution in [0.25, 0.3) is 0 Å². The number of carbonyl (C=O) groups excluding carboxylic acids is 1. The Labute approximate surface area is 126 Å². The van der Waals surface area contributed by atoms with Gasteiger partial charge in [0.15, 0.2) is 0 Å². The molecular weight excluding hydrogens is 248 g/mol. The van der Waals surface area contributed by atoms with Crippen molar-refractivity contribution in [3.8, 4) is 0 Å². The fraction of sp³-hybridized carbons (Fsp3) is 0.706. The van der Waals surface area contributed by atoms with Gasteiger partial charge in [0.2, 0.25) is 5.91 Å². The van der Waals surface area contributed by atoms with Gasteiger partial charge in [-0.2, -0.15) is 0 Å². The van der Waals surface area contributed by atoms with Crippen LogP contribution in [0.4, 0.5) is 0 Å².